The summed E-state index contributed by atoms with van der Waals surface area (Å²) in [6.07, 6.45) is 0. The maximum absolute atomic E-state index is 12.1. The van der Waals surface area contributed by atoms with Crippen molar-refractivity contribution in [2.75, 3.05) is 7.05 Å². The van der Waals surface area contributed by atoms with Crippen molar-refractivity contribution in [2.24, 2.45) is 0 Å². The zero-order valence-electron chi connectivity index (χ0n) is 10.8. The number of Topliss-reactive ketones (excluding diaryl/α,β-unsaturated/α-hetero) is 1. The number of ketones is 1. The topological polar surface area (TPSA) is 29.1 Å². The number of rotatable bonds is 4. The Kier molecular flexibility index (Phi) is 3.87. The van der Waals surface area contributed by atoms with Crippen LogP contribution in [-0.2, 0) is 0 Å². The predicted octanol–water partition coefficient (Wildman–Crippen LogP) is 2.99. The first-order valence-corrected chi connectivity index (χ1v) is 5.72. The second-order valence-electron chi connectivity index (χ2n) is 4.98. The highest BCUT2D eigenvalue weighted by Crippen LogP contribution is 2.17. The van der Waals surface area contributed by atoms with Crippen LogP contribution in [0.2, 0.25) is 0 Å². The Hall–Kier alpha value is -1.15. The van der Waals surface area contributed by atoms with E-state index >= 15 is 0 Å². The molecule has 0 fully saturated rings. The molecule has 0 atom stereocenters. The maximum atomic E-state index is 12.1. The zero-order valence-corrected chi connectivity index (χ0v) is 10.8. The smallest absolute Gasteiger partial charge is 0.182 e. The van der Waals surface area contributed by atoms with Crippen LogP contribution in [0.15, 0.2) is 24.3 Å². The number of likely N-dealkylation sites (N-methyl/N-ethyl adjacent to an activating group) is 1. The van der Waals surface area contributed by atoms with Gasteiger partial charge in [-0.3, -0.25) is 4.79 Å². The van der Waals surface area contributed by atoms with E-state index in [1.165, 1.54) is 5.56 Å². The van der Waals surface area contributed by atoms with Crippen molar-refractivity contribution in [2.45, 2.75) is 39.2 Å². The van der Waals surface area contributed by atoms with Crippen molar-refractivity contribution in [3.05, 3.63) is 35.4 Å². The molecule has 0 aliphatic carbocycles. The molecule has 2 nitrogen and oxygen atoms in total. The number of hydrogen-bond donors (Lipinski definition) is 1. The van der Waals surface area contributed by atoms with Crippen LogP contribution in [0.25, 0.3) is 0 Å². The second kappa shape index (κ2) is 4.79. The Morgan fingerprint density at radius 2 is 1.69 bits per heavy atom. The molecule has 0 heterocycles. The highest BCUT2D eigenvalue weighted by Gasteiger charge is 2.26. The minimum Gasteiger partial charge on any atom is -0.308 e. The fourth-order valence-corrected chi connectivity index (χ4v) is 1.49. The van der Waals surface area contributed by atoms with Gasteiger partial charge in [-0.05, 0) is 32.4 Å². The van der Waals surface area contributed by atoms with Crippen molar-refractivity contribution in [1.29, 1.82) is 0 Å². The molecule has 0 radical (unpaired) electrons. The number of carbonyl (C=O) groups excluding carboxylic acids is 1. The molecule has 1 aromatic rings. The molecule has 88 valence electrons. The van der Waals surface area contributed by atoms with Gasteiger partial charge < -0.3 is 5.32 Å². The van der Waals surface area contributed by atoms with E-state index in [2.05, 4.69) is 19.2 Å². The maximum Gasteiger partial charge on any atom is 0.182 e. The van der Waals surface area contributed by atoms with E-state index in [4.69, 9.17) is 0 Å². The summed E-state index contributed by atoms with van der Waals surface area (Å²) in [4.78, 5) is 12.1. The molecule has 0 aliphatic heterocycles. The Balaban J connectivity index is 2.94. The summed E-state index contributed by atoms with van der Waals surface area (Å²) in [5.74, 6) is 0.631. The van der Waals surface area contributed by atoms with Gasteiger partial charge in [0, 0.05) is 5.56 Å². The molecule has 0 amide bonds. The zero-order chi connectivity index (χ0) is 12.3. The van der Waals surface area contributed by atoms with E-state index in [1.54, 1.807) is 7.05 Å². The third kappa shape index (κ3) is 2.70. The molecule has 0 spiro atoms. The highest BCUT2D eigenvalue weighted by molar-refractivity contribution is 6.02. The normalized spacial score (nSPS) is 11.9. The molecule has 0 unspecified atom stereocenters. The van der Waals surface area contributed by atoms with Crippen molar-refractivity contribution in [3.63, 3.8) is 0 Å². The van der Waals surface area contributed by atoms with E-state index in [0.717, 1.165) is 5.56 Å². The molecule has 0 saturated carbocycles. The van der Waals surface area contributed by atoms with Crippen molar-refractivity contribution >= 4 is 5.78 Å². The van der Waals surface area contributed by atoms with Gasteiger partial charge in [-0.1, -0.05) is 38.1 Å². The molecule has 16 heavy (non-hydrogen) atoms. The average Bonchev–Trinajstić information content (AvgIpc) is 2.28. The van der Waals surface area contributed by atoms with Gasteiger partial charge in [-0.25, -0.2) is 0 Å². The lowest BCUT2D eigenvalue weighted by atomic mass is 9.92. The van der Waals surface area contributed by atoms with Gasteiger partial charge in [-0.15, -0.1) is 0 Å². The Bertz CT molecular complexity index is 363. The van der Waals surface area contributed by atoms with Gasteiger partial charge >= 0.3 is 0 Å². The summed E-state index contributed by atoms with van der Waals surface area (Å²) in [5.41, 5.74) is 1.53. The lowest BCUT2D eigenvalue weighted by molar-refractivity contribution is 0.0889. The first kappa shape index (κ1) is 12.9. The van der Waals surface area contributed by atoms with E-state index < -0.39 is 5.54 Å². The lowest BCUT2D eigenvalue weighted by Gasteiger charge is -2.22. The fourth-order valence-electron chi connectivity index (χ4n) is 1.49. The molecule has 0 aromatic heterocycles. The largest absolute Gasteiger partial charge is 0.308 e. The molecule has 0 aliphatic rings. The minimum atomic E-state index is -0.501. The summed E-state index contributed by atoms with van der Waals surface area (Å²) in [5, 5.41) is 3.03. The summed E-state index contributed by atoms with van der Waals surface area (Å²) in [6, 6.07) is 7.89. The van der Waals surface area contributed by atoms with Gasteiger partial charge in [0.2, 0.25) is 0 Å². The average molecular weight is 219 g/mol. The molecule has 1 rings (SSSR count). The summed E-state index contributed by atoms with van der Waals surface area (Å²) >= 11 is 0. The molecular weight excluding hydrogens is 198 g/mol. The van der Waals surface area contributed by atoms with Crippen LogP contribution in [0.1, 0.15) is 49.5 Å². The standard InChI is InChI=1S/C14H21NO/c1-10(2)11-6-8-12(9-7-11)13(16)14(3,4)15-5/h6-10,15H,1-5H3. The van der Waals surface area contributed by atoms with E-state index in [-0.39, 0.29) is 5.78 Å². The van der Waals surface area contributed by atoms with Crippen LogP contribution in [0, 0.1) is 0 Å². The van der Waals surface area contributed by atoms with E-state index in [1.807, 2.05) is 38.1 Å². The van der Waals surface area contributed by atoms with Crippen LogP contribution in [0.4, 0.5) is 0 Å². The minimum absolute atomic E-state index is 0.130. The Labute approximate surface area is 98.1 Å². The molecule has 1 N–H and O–H groups in total. The van der Waals surface area contributed by atoms with Crippen LogP contribution in [0.5, 0.6) is 0 Å². The number of nitrogens with one attached hydrogen (secondary N) is 1. The van der Waals surface area contributed by atoms with Gasteiger partial charge in [0.1, 0.15) is 0 Å². The third-order valence-corrected chi connectivity index (χ3v) is 3.03. The van der Waals surface area contributed by atoms with Gasteiger partial charge in [0.15, 0.2) is 5.78 Å². The van der Waals surface area contributed by atoms with E-state index in [9.17, 15) is 4.79 Å². The highest BCUT2D eigenvalue weighted by atomic mass is 16.1. The molecule has 0 bridgehead atoms. The van der Waals surface area contributed by atoms with Crippen LogP contribution < -0.4 is 5.32 Å². The summed E-state index contributed by atoms with van der Waals surface area (Å²) in [7, 11) is 1.81. The van der Waals surface area contributed by atoms with Gasteiger partial charge in [0.25, 0.3) is 0 Å². The van der Waals surface area contributed by atoms with E-state index in [0.29, 0.717) is 5.92 Å². The Morgan fingerprint density at radius 3 is 2.06 bits per heavy atom. The molecule has 1 aromatic carbocycles. The van der Waals surface area contributed by atoms with Gasteiger partial charge in [0.05, 0.1) is 5.54 Å². The lowest BCUT2D eigenvalue weighted by Crippen LogP contribution is -2.44. The SMILES string of the molecule is CNC(C)(C)C(=O)c1ccc(C(C)C)cc1. The molecule has 2 heteroatoms. The number of hydrogen-bond acceptors (Lipinski definition) is 2. The van der Waals surface area contributed by atoms with Crippen LogP contribution >= 0.6 is 0 Å². The van der Waals surface area contributed by atoms with Crippen molar-refractivity contribution in [3.8, 4) is 0 Å². The quantitative estimate of drug-likeness (QED) is 0.789. The monoisotopic (exact) mass is 219 g/mol. The fraction of sp³-hybridized carbons (Fsp3) is 0.500. The second-order valence-corrected chi connectivity index (χ2v) is 4.98. The van der Waals surface area contributed by atoms with Gasteiger partial charge in [-0.2, -0.15) is 0 Å². The van der Waals surface area contributed by atoms with Crippen LogP contribution in [-0.4, -0.2) is 18.4 Å². The molecular formula is C14H21NO. The number of benzene rings is 1. The van der Waals surface area contributed by atoms with Crippen molar-refractivity contribution in [1.82, 2.24) is 5.32 Å². The summed E-state index contributed by atoms with van der Waals surface area (Å²) < 4.78 is 0. The first-order chi connectivity index (χ1) is 7.38. The first-order valence-electron chi connectivity index (χ1n) is 5.72. The number of carbonyl (C=O) groups is 1. The molecule has 0 saturated heterocycles. The third-order valence-electron chi connectivity index (χ3n) is 3.03. The Morgan fingerprint density at radius 1 is 1.19 bits per heavy atom. The van der Waals surface area contributed by atoms with Crippen LogP contribution in [0.3, 0.4) is 0 Å². The summed E-state index contributed by atoms with van der Waals surface area (Å²) in [6.45, 7) is 8.08. The predicted molar refractivity (Wildman–Crippen MR) is 68.0 cm³/mol. The van der Waals surface area contributed by atoms with Crippen molar-refractivity contribution < 1.29 is 4.79 Å².